The van der Waals surface area contributed by atoms with E-state index in [9.17, 15) is 4.79 Å². The zero-order valence-electron chi connectivity index (χ0n) is 9.01. The standard InChI is InChI=1S/C11H9ClN2O2S/c1-16-10(15)4-8-6-17-11(14-8)9-3-2-7(12)5-13-9/h2-3,5-6H,4H2,1H3. The largest absolute Gasteiger partial charge is 0.469 e. The maximum Gasteiger partial charge on any atom is 0.311 e. The maximum absolute atomic E-state index is 11.1. The normalized spacial score (nSPS) is 10.2. The molecule has 2 heterocycles. The van der Waals surface area contributed by atoms with Crippen LogP contribution < -0.4 is 0 Å². The second-order valence-electron chi connectivity index (χ2n) is 3.26. The molecule has 17 heavy (non-hydrogen) atoms. The monoisotopic (exact) mass is 268 g/mol. The highest BCUT2D eigenvalue weighted by Gasteiger charge is 2.09. The fourth-order valence-corrected chi connectivity index (χ4v) is 2.14. The van der Waals surface area contributed by atoms with Crippen molar-refractivity contribution in [3.63, 3.8) is 0 Å². The molecule has 0 saturated carbocycles. The number of methoxy groups -OCH3 is 1. The number of hydrogen-bond donors (Lipinski definition) is 0. The van der Waals surface area contributed by atoms with Crippen LogP contribution in [-0.2, 0) is 16.0 Å². The molecule has 88 valence electrons. The topological polar surface area (TPSA) is 52.1 Å². The molecule has 2 aromatic rings. The maximum atomic E-state index is 11.1. The van der Waals surface area contributed by atoms with Crippen LogP contribution in [0.2, 0.25) is 5.02 Å². The summed E-state index contributed by atoms with van der Waals surface area (Å²) in [6.45, 7) is 0. The van der Waals surface area contributed by atoms with Gasteiger partial charge in [-0.1, -0.05) is 11.6 Å². The number of nitrogens with zero attached hydrogens (tertiary/aromatic N) is 2. The Labute approximate surface area is 107 Å². The van der Waals surface area contributed by atoms with Crippen molar-refractivity contribution in [2.45, 2.75) is 6.42 Å². The molecule has 0 amide bonds. The Hall–Kier alpha value is -1.46. The van der Waals surface area contributed by atoms with Crippen molar-refractivity contribution >= 4 is 28.9 Å². The number of thiazole rings is 1. The lowest BCUT2D eigenvalue weighted by Gasteiger charge is -1.95. The molecule has 0 saturated heterocycles. The molecular formula is C11H9ClN2O2S. The number of carbonyl (C=O) groups excluding carboxylic acids is 1. The average molecular weight is 269 g/mol. The van der Waals surface area contributed by atoms with Crippen molar-refractivity contribution < 1.29 is 9.53 Å². The third-order valence-corrected chi connectivity index (χ3v) is 3.19. The second kappa shape index (κ2) is 5.25. The first-order chi connectivity index (χ1) is 8.19. The Kier molecular flexibility index (Phi) is 3.71. The van der Waals surface area contributed by atoms with Gasteiger partial charge in [-0.2, -0.15) is 0 Å². The Balaban J connectivity index is 2.18. The predicted molar refractivity (Wildman–Crippen MR) is 66.1 cm³/mol. The van der Waals surface area contributed by atoms with E-state index in [0.29, 0.717) is 10.7 Å². The van der Waals surface area contributed by atoms with Gasteiger partial charge in [-0.05, 0) is 12.1 Å². The van der Waals surface area contributed by atoms with Crippen LogP contribution in [0.1, 0.15) is 5.69 Å². The van der Waals surface area contributed by atoms with Crippen LogP contribution in [0, 0.1) is 0 Å². The van der Waals surface area contributed by atoms with Crippen molar-refractivity contribution in [2.24, 2.45) is 0 Å². The lowest BCUT2D eigenvalue weighted by atomic mass is 10.3. The van der Waals surface area contributed by atoms with Crippen molar-refractivity contribution in [2.75, 3.05) is 7.11 Å². The van der Waals surface area contributed by atoms with Crippen LogP contribution in [0.5, 0.6) is 0 Å². The summed E-state index contributed by atoms with van der Waals surface area (Å²) in [7, 11) is 1.36. The summed E-state index contributed by atoms with van der Waals surface area (Å²) in [5.74, 6) is -0.300. The third-order valence-electron chi connectivity index (χ3n) is 2.05. The number of rotatable bonds is 3. The van der Waals surface area contributed by atoms with Crippen LogP contribution in [0.3, 0.4) is 0 Å². The summed E-state index contributed by atoms with van der Waals surface area (Å²) < 4.78 is 4.58. The molecule has 0 aliphatic heterocycles. The van der Waals surface area contributed by atoms with Crippen LogP contribution in [0.15, 0.2) is 23.7 Å². The predicted octanol–water partition coefficient (Wildman–Crippen LogP) is 2.57. The quantitative estimate of drug-likeness (QED) is 0.803. The number of carbonyl (C=O) groups is 1. The molecule has 4 nitrogen and oxygen atoms in total. The number of aromatic nitrogens is 2. The van der Waals surface area contributed by atoms with E-state index in [2.05, 4.69) is 14.7 Å². The first kappa shape index (κ1) is 12.0. The van der Waals surface area contributed by atoms with Crippen molar-refractivity contribution in [3.8, 4) is 10.7 Å². The smallest absolute Gasteiger partial charge is 0.311 e. The summed E-state index contributed by atoms with van der Waals surface area (Å²) >= 11 is 7.19. The van der Waals surface area contributed by atoms with E-state index in [1.165, 1.54) is 18.4 Å². The molecular weight excluding hydrogens is 260 g/mol. The minimum atomic E-state index is -0.300. The summed E-state index contributed by atoms with van der Waals surface area (Å²) in [5.41, 5.74) is 1.43. The Morgan fingerprint density at radius 1 is 1.53 bits per heavy atom. The molecule has 2 aromatic heterocycles. The molecule has 0 aromatic carbocycles. The fraction of sp³-hybridized carbons (Fsp3) is 0.182. The van der Waals surface area contributed by atoms with Gasteiger partial charge in [0.15, 0.2) is 0 Å². The Morgan fingerprint density at radius 3 is 3.00 bits per heavy atom. The van der Waals surface area contributed by atoms with E-state index in [0.717, 1.165) is 10.7 Å². The van der Waals surface area contributed by atoms with Gasteiger partial charge in [0.1, 0.15) is 5.01 Å². The van der Waals surface area contributed by atoms with E-state index in [1.807, 2.05) is 5.38 Å². The number of pyridine rings is 1. The van der Waals surface area contributed by atoms with E-state index >= 15 is 0 Å². The third kappa shape index (κ3) is 3.01. The first-order valence-corrected chi connectivity index (χ1v) is 6.08. The van der Waals surface area contributed by atoms with Gasteiger partial charge >= 0.3 is 5.97 Å². The number of ether oxygens (including phenoxy) is 1. The Morgan fingerprint density at radius 2 is 2.35 bits per heavy atom. The minimum Gasteiger partial charge on any atom is -0.469 e. The number of hydrogen-bond acceptors (Lipinski definition) is 5. The highest BCUT2D eigenvalue weighted by atomic mass is 35.5. The number of halogens is 1. The van der Waals surface area contributed by atoms with Gasteiger partial charge in [0.2, 0.25) is 0 Å². The van der Waals surface area contributed by atoms with E-state index in [1.54, 1.807) is 18.3 Å². The number of esters is 1. The first-order valence-electron chi connectivity index (χ1n) is 4.82. The van der Waals surface area contributed by atoms with E-state index in [4.69, 9.17) is 11.6 Å². The zero-order valence-corrected chi connectivity index (χ0v) is 10.6. The van der Waals surface area contributed by atoms with Gasteiger partial charge in [-0.25, -0.2) is 4.98 Å². The van der Waals surface area contributed by atoms with Crippen molar-refractivity contribution in [1.29, 1.82) is 0 Å². The van der Waals surface area contributed by atoms with Crippen LogP contribution in [0.25, 0.3) is 10.7 Å². The van der Waals surface area contributed by atoms with Gasteiger partial charge in [-0.3, -0.25) is 9.78 Å². The molecule has 0 radical (unpaired) electrons. The molecule has 0 atom stereocenters. The highest BCUT2D eigenvalue weighted by molar-refractivity contribution is 7.13. The van der Waals surface area contributed by atoms with Crippen LogP contribution >= 0.6 is 22.9 Å². The molecule has 0 aliphatic rings. The molecule has 0 unspecified atom stereocenters. The van der Waals surface area contributed by atoms with E-state index in [-0.39, 0.29) is 12.4 Å². The molecule has 2 rings (SSSR count). The summed E-state index contributed by atoms with van der Waals surface area (Å²) in [6, 6.07) is 3.55. The SMILES string of the molecule is COC(=O)Cc1csc(-c2ccc(Cl)cn2)n1. The molecule has 0 spiro atoms. The Bertz CT molecular complexity index is 525. The van der Waals surface area contributed by atoms with Gasteiger partial charge in [0.05, 0.1) is 29.9 Å². The lowest BCUT2D eigenvalue weighted by molar-refractivity contribution is -0.139. The zero-order chi connectivity index (χ0) is 12.3. The van der Waals surface area contributed by atoms with Gasteiger partial charge < -0.3 is 4.74 Å². The molecule has 0 N–H and O–H groups in total. The van der Waals surface area contributed by atoms with Gasteiger partial charge in [0.25, 0.3) is 0 Å². The summed E-state index contributed by atoms with van der Waals surface area (Å²) in [4.78, 5) is 19.6. The van der Waals surface area contributed by atoms with Gasteiger partial charge in [0, 0.05) is 11.6 Å². The van der Waals surface area contributed by atoms with Crippen LogP contribution in [0.4, 0.5) is 0 Å². The lowest BCUT2D eigenvalue weighted by Crippen LogP contribution is -2.04. The summed E-state index contributed by atoms with van der Waals surface area (Å²) in [6.07, 6.45) is 1.75. The fourth-order valence-electron chi connectivity index (χ4n) is 1.23. The molecule has 0 bridgehead atoms. The second-order valence-corrected chi connectivity index (χ2v) is 4.55. The van der Waals surface area contributed by atoms with Gasteiger partial charge in [-0.15, -0.1) is 11.3 Å². The molecule has 0 fully saturated rings. The van der Waals surface area contributed by atoms with Crippen molar-refractivity contribution in [1.82, 2.24) is 9.97 Å². The summed E-state index contributed by atoms with van der Waals surface area (Å²) in [5, 5.41) is 3.17. The average Bonchev–Trinajstić information content (AvgIpc) is 2.78. The minimum absolute atomic E-state index is 0.181. The highest BCUT2D eigenvalue weighted by Crippen LogP contribution is 2.23. The molecule has 0 aliphatic carbocycles. The van der Waals surface area contributed by atoms with Crippen molar-refractivity contribution in [3.05, 3.63) is 34.4 Å². The van der Waals surface area contributed by atoms with Crippen LogP contribution in [-0.4, -0.2) is 23.0 Å². The van der Waals surface area contributed by atoms with E-state index < -0.39 is 0 Å². The molecule has 6 heteroatoms.